The van der Waals surface area contributed by atoms with Crippen LogP contribution < -0.4 is 5.32 Å². The maximum Gasteiger partial charge on any atom is 0.141 e. The van der Waals surface area contributed by atoms with E-state index in [1.807, 2.05) is 11.3 Å². The van der Waals surface area contributed by atoms with Gasteiger partial charge in [-0.2, -0.15) is 5.10 Å². The molecule has 1 unspecified atom stereocenters. The van der Waals surface area contributed by atoms with Crippen LogP contribution >= 0.6 is 11.3 Å². The van der Waals surface area contributed by atoms with Crippen LogP contribution in [-0.2, 0) is 6.54 Å². The minimum absolute atomic E-state index is 0.204. The van der Waals surface area contributed by atoms with Crippen LogP contribution in [0.3, 0.4) is 0 Å². The second kappa shape index (κ2) is 4.55. The Morgan fingerprint density at radius 1 is 1.53 bits per heavy atom. The zero-order chi connectivity index (χ0) is 10.7. The van der Waals surface area contributed by atoms with Gasteiger partial charge >= 0.3 is 0 Å². The normalized spacial score (nSPS) is 12.9. The van der Waals surface area contributed by atoms with Crippen LogP contribution in [0.1, 0.15) is 28.5 Å². The first kappa shape index (κ1) is 10.3. The van der Waals surface area contributed by atoms with Crippen molar-refractivity contribution in [3.63, 3.8) is 0 Å². The summed E-state index contributed by atoms with van der Waals surface area (Å²) in [5, 5.41) is 10.1. The van der Waals surface area contributed by atoms with E-state index in [9.17, 15) is 0 Å². The van der Waals surface area contributed by atoms with Gasteiger partial charge in [0.1, 0.15) is 12.2 Å². The van der Waals surface area contributed by atoms with Gasteiger partial charge in [-0.15, -0.1) is 11.3 Å². The number of aromatic amines is 1. The lowest BCUT2D eigenvalue weighted by Gasteiger charge is -2.09. The number of H-pyrrole nitrogens is 1. The van der Waals surface area contributed by atoms with E-state index >= 15 is 0 Å². The first-order chi connectivity index (χ1) is 7.25. The minimum Gasteiger partial charge on any atom is -0.303 e. The minimum atomic E-state index is 0.204. The molecule has 0 aromatic carbocycles. The van der Waals surface area contributed by atoms with E-state index in [4.69, 9.17) is 0 Å². The van der Waals surface area contributed by atoms with Crippen molar-refractivity contribution in [1.29, 1.82) is 0 Å². The zero-order valence-corrected chi connectivity index (χ0v) is 9.64. The van der Waals surface area contributed by atoms with Crippen molar-refractivity contribution in [2.45, 2.75) is 26.4 Å². The molecule has 2 aromatic heterocycles. The lowest BCUT2D eigenvalue weighted by atomic mass is 10.3. The topological polar surface area (TPSA) is 53.6 Å². The van der Waals surface area contributed by atoms with E-state index in [2.05, 4.69) is 46.5 Å². The number of thiophene rings is 1. The van der Waals surface area contributed by atoms with Crippen molar-refractivity contribution in [3.05, 3.63) is 34.0 Å². The fourth-order valence-electron chi connectivity index (χ4n) is 1.35. The number of aromatic nitrogens is 3. The summed E-state index contributed by atoms with van der Waals surface area (Å²) in [5.41, 5.74) is 0. The average Bonchev–Trinajstić information content (AvgIpc) is 2.84. The monoisotopic (exact) mass is 222 g/mol. The lowest BCUT2D eigenvalue weighted by molar-refractivity contribution is 0.551. The summed E-state index contributed by atoms with van der Waals surface area (Å²) >= 11 is 1.82. The molecule has 0 aliphatic carbocycles. The van der Waals surface area contributed by atoms with Gasteiger partial charge in [0.15, 0.2) is 0 Å². The Morgan fingerprint density at radius 2 is 2.40 bits per heavy atom. The van der Waals surface area contributed by atoms with Crippen LogP contribution in [-0.4, -0.2) is 15.2 Å². The van der Waals surface area contributed by atoms with E-state index in [0.29, 0.717) is 0 Å². The molecule has 0 aliphatic rings. The first-order valence-electron chi connectivity index (χ1n) is 4.89. The molecule has 2 aromatic rings. The number of nitrogens with zero attached hydrogens (tertiary/aromatic N) is 2. The van der Waals surface area contributed by atoms with Crippen LogP contribution in [0.4, 0.5) is 0 Å². The van der Waals surface area contributed by atoms with Gasteiger partial charge in [0.05, 0.1) is 6.04 Å². The molecule has 0 radical (unpaired) electrons. The van der Waals surface area contributed by atoms with Crippen molar-refractivity contribution >= 4 is 11.3 Å². The highest BCUT2D eigenvalue weighted by Gasteiger charge is 2.07. The van der Waals surface area contributed by atoms with Gasteiger partial charge in [0.25, 0.3) is 0 Å². The molecule has 0 bridgehead atoms. The van der Waals surface area contributed by atoms with Gasteiger partial charge in [-0.25, -0.2) is 4.98 Å². The second-order valence-electron chi connectivity index (χ2n) is 3.49. The average molecular weight is 222 g/mol. The summed E-state index contributed by atoms with van der Waals surface area (Å²) in [6.45, 7) is 5.06. The van der Waals surface area contributed by atoms with E-state index < -0.39 is 0 Å². The SMILES string of the molecule is Cc1ccc(CNC(C)c2ncn[nH]2)s1. The molecule has 2 rings (SSSR count). The molecule has 2 heterocycles. The highest BCUT2D eigenvalue weighted by Crippen LogP contribution is 2.15. The fraction of sp³-hybridized carbons (Fsp3) is 0.400. The summed E-state index contributed by atoms with van der Waals surface area (Å²) in [6, 6.07) is 4.50. The first-order valence-corrected chi connectivity index (χ1v) is 5.71. The Hall–Kier alpha value is -1.20. The molecule has 5 heteroatoms. The molecular formula is C10H14N4S. The van der Waals surface area contributed by atoms with E-state index in [0.717, 1.165) is 12.4 Å². The summed E-state index contributed by atoms with van der Waals surface area (Å²) < 4.78 is 0. The fourth-order valence-corrected chi connectivity index (χ4v) is 2.20. The van der Waals surface area contributed by atoms with Crippen molar-refractivity contribution in [3.8, 4) is 0 Å². The maximum absolute atomic E-state index is 4.11. The third-order valence-electron chi connectivity index (χ3n) is 2.22. The molecule has 80 valence electrons. The Bertz CT molecular complexity index is 407. The number of hydrogen-bond acceptors (Lipinski definition) is 4. The number of aryl methyl sites for hydroxylation is 1. The Kier molecular flexibility index (Phi) is 3.13. The van der Waals surface area contributed by atoms with Crippen molar-refractivity contribution in [2.24, 2.45) is 0 Å². The predicted molar refractivity (Wildman–Crippen MR) is 60.7 cm³/mol. The molecule has 0 aliphatic heterocycles. The molecular weight excluding hydrogens is 208 g/mol. The number of nitrogens with one attached hydrogen (secondary N) is 2. The molecule has 0 saturated carbocycles. The Balaban J connectivity index is 1.88. The maximum atomic E-state index is 4.11. The summed E-state index contributed by atoms with van der Waals surface area (Å²) in [6.07, 6.45) is 1.53. The quantitative estimate of drug-likeness (QED) is 0.832. The second-order valence-corrected chi connectivity index (χ2v) is 4.86. The third-order valence-corrected chi connectivity index (χ3v) is 3.22. The molecule has 0 spiro atoms. The van der Waals surface area contributed by atoms with Gasteiger partial charge in [0, 0.05) is 16.3 Å². The highest BCUT2D eigenvalue weighted by molar-refractivity contribution is 7.11. The molecule has 2 N–H and O–H groups in total. The number of hydrogen-bond donors (Lipinski definition) is 2. The van der Waals surface area contributed by atoms with Gasteiger partial charge in [-0.1, -0.05) is 0 Å². The molecule has 0 saturated heterocycles. The summed E-state index contributed by atoms with van der Waals surface area (Å²) in [4.78, 5) is 6.80. The van der Waals surface area contributed by atoms with Crippen molar-refractivity contribution in [2.75, 3.05) is 0 Å². The zero-order valence-electron chi connectivity index (χ0n) is 8.82. The molecule has 0 fully saturated rings. The van der Waals surface area contributed by atoms with Gasteiger partial charge < -0.3 is 5.32 Å². The van der Waals surface area contributed by atoms with Crippen LogP contribution in [0, 0.1) is 6.92 Å². The molecule has 15 heavy (non-hydrogen) atoms. The van der Waals surface area contributed by atoms with E-state index in [1.54, 1.807) is 0 Å². The lowest BCUT2D eigenvalue weighted by Crippen LogP contribution is -2.18. The number of rotatable bonds is 4. The molecule has 1 atom stereocenters. The van der Waals surface area contributed by atoms with E-state index in [-0.39, 0.29) is 6.04 Å². The predicted octanol–water partition coefficient (Wildman–Crippen LogP) is 2.03. The Labute approximate surface area is 92.8 Å². The summed E-state index contributed by atoms with van der Waals surface area (Å²) in [5.74, 6) is 0.878. The van der Waals surface area contributed by atoms with E-state index in [1.165, 1.54) is 16.1 Å². The van der Waals surface area contributed by atoms with Crippen molar-refractivity contribution in [1.82, 2.24) is 20.5 Å². The molecule has 4 nitrogen and oxygen atoms in total. The standard InChI is InChI=1S/C10H14N4S/c1-7-3-4-9(15-7)5-11-8(2)10-12-6-13-14-10/h3-4,6,8,11H,5H2,1-2H3,(H,12,13,14). The molecule has 0 amide bonds. The Morgan fingerprint density at radius 3 is 3.00 bits per heavy atom. The van der Waals surface area contributed by atoms with Crippen LogP contribution in [0.5, 0.6) is 0 Å². The van der Waals surface area contributed by atoms with Gasteiger partial charge in [-0.3, -0.25) is 5.10 Å². The van der Waals surface area contributed by atoms with Gasteiger partial charge in [-0.05, 0) is 26.0 Å². The third kappa shape index (κ3) is 2.64. The highest BCUT2D eigenvalue weighted by atomic mass is 32.1. The van der Waals surface area contributed by atoms with Crippen LogP contribution in [0.2, 0.25) is 0 Å². The van der Waals surface area contributed by atoms with Crippen LogP contribution in [0.15, 0.2) is 18.5 Å². The van der Waals surface area contributed by atoms with Crippen molar-refractivity contribution < 1.29 is 0 Å². The van der Waals surface area contributed by atoms with Gasteiger partial charge in [0.2, 0.25) is 0 Å². The summed E-state index contributed by atoms with van der Waals surface area (Å²) in [7, 11) is 0. The smallest absolute Gasteiger partial charge is 0.141 e. The van der Waals surface area contributed by atoms with Crippen LogP contribution in [0.25, 0.3) is 0 Å². The largest absolute Gasteiger partial charge is 0.303 e.